The molecule has 31 heavy (non-hydrogen) atoms. The van der Waals surface area contributed by atoms with E-state index in [4.69, 9.17) is 11.6 Å². The zero-order chi connectivity index (χ0) is 22.0. The van der Waals surface area contributed by atoms with Crippen LogP contribution < -0.4 is 4.90 Å². The van der Waals surface area contributed by atoms with E-state index in [0.29, 0.717) is 21.8 Å². The van der Waals surface area contributed by atoms with E-state index in [2.05, 4.69) is 35.9 Å². The molecule has 2 heterocycles. The van der Waals surface area contributed by atoms with Crippen LogP contribution in [0.5, 0.6) is 0 Å². The Morgan fingerprint density at radius 2 is 2.00 bits per heavy atom. The van der Waals surface area contributed by atoms with Crippen molar-refractivity contribution in [3.63, 3.8) is 0 Å². The van der Waals surface area contributed by atoms with Crippen LogP contribution in [0.3, 0.4) is 0 Å². The maximum Gasteiger partial charge on any atom is 0.337 e. The Morgan fingerprint density at radius 1 is 1.19 bits per heavy atom. The third-order valence-electron chi connectivity index (χ3n) is 5.59. The van der Waals surface area contributed by atoms with Crippen LogP contribution in [-0.4, -0.2) is 34.4 Å². The summed E-state index contributed by atoms with van der Waals surface area (Å²) in [4.78, 5) is 18.7. The number of hydrogen-bond acceptors (Lipinski definition) is 4. The standard InChI is InChI=1S/C25H25ClN2O2S/c1-16(2)20-5-3-4-6-21(20)17-7-9-23(22(13-17)25(29)30)28-12-11-19(15-28)31-24-10-8-18(26)14-27-24/h3-10,13-14,16,19H,11-12,15H2,1-2H3,(H,29,30)/t19-/m0/s1. The number of hydrogen-bond donors (Lipinski definition) is 1. The smallest absolute Gasteiger partial charge is 0.337 e. The summed E-state index contributed by atoms with van der Waals surface area (Å²) in [6.45, 7) is 5.93. The Bertz CT molecular complexity index is 1090. The van der Waals surface area contributed by atoms with Gasteiger partial charge in [-0.05, 0) is 53.3 Å². The van der Waals surface area contributed by atoms with Gasteiger partial charge < -0.3 is 10.0 Å². The minimum absolute atomic E-state index is 0.353. The van der Waals surface area contributed by atoms with Gasteiger partial charge in [-0.3, -0.25) is 0 Å². The van der Waals surface area contributed by atoms with E-state index >= 15 is 0 Å². The first-order valence-electron chi connectivity index (χ1n) is 10.4. The maximum atomic E-state index is 12.1. The molecule has 0 radical (unpaired) electrons. The number of benzene rings is 2. The monoisotopic (exact) mass is 452 g/mol. The molecule has 0 unspecified atom stereocenters. The van der Waals surface area contributed by atoms with Crippen LogP contribution >= 0.6 is 23.4 Å². The highest BCUT2D eigenvalue weighted by molar-refractivity contribution is 7.99. The zero-order valence-corrected chi connectivity index (χ0v) is 19.2. The van der Waals surface area contributed by atoms with E-state index in [1.54, 1.807) is 18.0 Å². The molecule has 4 nitrogen and oxygen atoms in total. The first-order chi connectivity index (χ1) is 14.9. The van der Waals surface area contributed by atoms with Crippen molar-refractivity contribution in [3.05, 3.63) is 76.9 Å². The van der Waals surface area contributed by atoms with Gasteiger partial charge in [0.2, 0.25) is 0 Å². The van der Waals surface area contributed by atoms with E-state index in [9.17, 15) is 9.90 Å². The third kappa shape index (κ3) is 4.89. The van der Waals surface area contributed by atoms with E-state index < -0.39 is 5.97 Å². The van der Waals surface area contributed by atoms with Gasteiger partial charge in [0.1, 0.15) is 0 Å². The van der Waals surface area contributed by atoms with Gasteiger partial charge in [-0.15, -0.1) is 11.8 Å². The van der Waals surface area contributed by atoms with Crippen LogP contribution in [0, 0.1) is 0 Å². The normalized spacial score (nSPS) is 16.1. The number of anilines is 1. The molecule has 1 aliphatic heterocycles. The number of thioether (sulfide) groups is 1. The molecule has 160 valence electrons. The molecule has 0 amide bonds. The number of rotatable bonds is 6. The number of aromatic carboxylic acids is 1. The van der Waals surface area contributed by atoms with Gasteiger partial charge in [0.05, 0.1) is 21.3 Å². The SMILES string of the molecule is CC(C)c1ccccc1-c1ccc(N2CC[C@H](Sc3ccc(Cl)cn3)C2)c(C(=O)O)c1. The molecule has 2 aromatic carbocycles. The number of carboxylic acids is 1. The van der Waals surface area contributed by atoms with Gasteiger partial charge in [-0.1, -0.05) is 55.8 Å². The van der Waals surface area contributed by atoms with Crippen LogP contribution in [0.1, 0.15) is 42.1 Å². The molecule has 1 saturated heterocycles. The molecule has 0 spiro atoms. The maximum absolute atomic E-state index is 12.1. The highest BCUT2D eigenvalue weighted by Crippen LogP contribution is 2.36. The second kappa shape index (κ2) is 9.33. The van der Waals surface area contributed by atoms with E-state index in [-0.39, 0.29) is 0 Å². The van der Waals surface area contributed by atoms with Gasteiger partial charge in [0.25, 0.3) is 0 Å². The minimum Gasteiger partial charge on any atom is -0.478 e. The number of aromatic nitrogens is 1. The third-order valence-corrected chi connectivity index (χ3v) is 7.02. The van der Waals surface area contributed by atoms with Crippen molar-refractivity contribution in [1.29, 1.82) is 0 Å². The Labute approximate surface area is 192 Å². The Hall–Kier alpha value is -2.50. The first kappa shape index (κ1) is 21.7. The Balaban J connectivity index is 1.58. The number of pyridine rings is 1. The molecule has 0 bridgehead atoms. The highest BCUT2D eigenvalue weighted by Gasteiger charge is 2.27. The Kier molecular flexibility index (Phi) is 6.54. The van der Waals surface area contributed by atoms with E-state index in [0.717, 1.165) is 41.4 Å². The van der Waals surface area contributed by atoms with Crippen LogP contribution in [0.2, 0.25) is 5.02 Å². The summed E-state index contributed by atoms with van der Waals surface area (Å²) < 4.78 is 0. The molecule has 1 N–H and O–H groups in total. The zero-order valence-electron chi connectivity index (χ0n) is 17.6. The molecule has 0 aliphatic carbocycles. The predicted octanol–water partition coefficient (Wildman–Crippen LogP) is 6.59. The van der Waals surface area contributed by atoms with Crippen LogP contribution in [0.25, 0.3) is 11.1 Å². The first-order valence-corrected chi connectivity index (χ1v) is 11.7. The lowest BCUT2D eigenvalue weighted by molar-refractivity contribution is 0.0697. The topological polar surface area (TPSA) is 53.4 Å². The Morgan fingerprint density at radius 3 is 2.71 bits per heavy atom. The van der Waals surface area contributed by atoms with Gasteiger partial charge >= 0.3 is 5.97 Å². The summed E-state index contributed by atoms with van der Waals surface area (Å²) >= 11 is 7.65. The number of nitrogens with zero attached hydrogens (tertiary/aromatic N) is 2. The molecule has 6 heteroatoms. The largest absolute Gasteiger partial charge is 0.478 e. The number of carboxylic acid groups (broad SMARTS) is 1. The average Bonchev–Trinajstić information content (AvgIpc) is 3.23. The molecule has 1 fully saturated rings. The van der Waals surface area contributed by atoms with Crippen molar-refractivity contribution in [2.75, 3.05) is 18.0 Å². The molecule has 3 aromatic rings. The molecule has 1 aliphatic rings. The fraction of sp³-hybridized carbons (Fsp3) is 0.280. The van der Waals surface area contributed by atoms with Crippen molar-refractivity contribution >= 4 is 35.0 Å². The predicted molar refractivity (Wildman–Crippen MR) is 129 cm³/mol. The highest BCUT2D eigenvalue weighted by atomic mass is 35.5. The van der Waals surface area contributed by atoms with Gasteiger partial charge in [-0.25, -0.2) is 9.78 Å². The molecule has 1 aromatic heterocycles. The summed E-state index contributed by atoms with van der Waals surface area (Å²) in [5, 5.41) is 11.9. The average molecular weight is 453 g/mol. The minimum atomic E-state index is -0.894. The quantitative estimate of drug-likeness (QED) is 0.457. The molecule has 4 rings (SSSR count). The van der Waals surface area contributed by atoms with Gasteiger partial charge in [-0.2, -0.15) is 0 Å². The lowest BCUT2D eigenvalue weighted by Crippen LogP contribution is -2.22. The lowest BCUT2D eigenvalue weighted by Gasteiger charge is -2.22. The van der Waals surface area contributed by atoms with Crippen molar-refractivity contribution in [3.8, 4) is 11.1 Å². The number of halogens is 1. The summed E-state index contributed by atoms with van der Waals surface area (Å²) in [6, 6.07) is 17.8. The van der Waals surface area contributed by atoms with Crippen molar-refractivity contribution in [2.24, 2.45) is 0 Å². The molecular formula is C25H25ClN2O2S. The van der Waals surface area contributed by atoms with Gasteiger partial charge in [0.15, 0.2) is 0 Å². The summed E-state index contributed by atoms with van der Waals surface area (Å²) in [5.41, 5.74) is 4.40. The van der Waals surface area contributed by atoms with Crippen LogP contribution in [0.4, 0.5) is 5.69 Å². The second-order valence-electron chi connectivity index (χ2n) is 8.07. The van der Waals surface area contributed by atoms with Crippen molar-refractivity contribution < 1.29 is 9.90 Å². The van der Waals surface area contributed by atoms with E-state index in [1.807, 2.05) is 42.5 Å². The summed E-state index contributed by atoms with van der Waals surface area (Å²) in [7, 11) is 0. The van der Waals surface area contributed by atoms with E-state index in [1.165, 1.54) is 5.56 Å². The fourth-order valence-electron chi connectivity index (χ4n) is 4.06. The van der Waals surface area contributed by atoms with Crippen molar-refractivity contribution in [1.82, 2.24) is 4.98 Å². The number of carbonyl (C=O) groups is 1. The molecule has 0 saturated carbocycles. The van der Waals surface area contributed by atoms with Crippen LogP contribution in [0.15, 0.2) is 65.8 Å². The lowest BCUT2D eigenvalue weighted by atomic mass is 9.91. The summed E-state index contributed by atoms with van der Waals surface area (Å²) in [6.07, 6.45) is 2.64. The molecular weight excluding hydrogens is 428 g/mol. The molecule has 1 atom stereocenters. The van der Waals surface area contributed by atoms with Crippen LogP contribution in [-0.2, 0) is 0 Å². The van der Waals surface area contributed by atoms with Crippen molar-refractivity contribution in [2.45, 2.75) is 36.5 Å². The fourth-order valence-corrected chi connectivity index (χ4v) is 5.25. The second-order valence-corrected chi connectivity index (χ2v) is 9.83. The van der Waals surface area contributed by atoms with Gasteiger partial charge in [0, 0.05) is 24.5 Å². The summed E-state index contributed by atoms with van der Waals surface area (Å²) in [5.74, 6) is -0.531.